The van der Waals surface area contributed by atoms with Crippen LogP contribution in [0, 0.1) is 0 Å². The Morgan fingerprint density at radius 1 is 0.556 bits per heavy atom. The minimum atomic E-state index is -2.08. The number of hydrogen-bond donors (Lipinski definition) is 0. The van der Waals surface area contributed by atoms with E-state index >= 15 is 0 Å². The molecule has 0 amide bonds. The van der Waals surface area contributed by atoms with Crippen LogP contribution in [0.3, 0.4) is 0 Å². The second-order valence-corrected chi connectivity index (χ2v) is 21.7. The molecule has 0 aromatic heterocycles. The second-order valence-electron chi connectivity index (χ2n) is 12.2. The predicted molar refractivity (Wildman–Crippen MR) is 157 cm³/mol. The van der Waals surface area contributed by atoms with E-state index in [0.29, 0.717) is 17.2 Å². The summed E-state index contributed by atoms with van der Waals surface area (Å²) in [6.45, 7) is 22.3. The molecule has 5 nitrogen and oxygen atoms in total. The Kier molecular flexibility index (Phi) is 9.06. The van der Waals surface area contributed by atoms with Crippen LogP contribution in [-0.2, 0) is 0 Å². The quantitative estimate of drug-likeness (QED) is 0.240. The molecule has 2 aromatic carbocycles. The highest BCUT2D eigenvalue weighted by Gasteiger charge is 2.40. The molecule has 0 spiro atoms. The summed E-state index contributed by atoms with van der Waals surface area (Å²) < 4.78 is 30.1. The van der Waals surface area contributed by atoms with E-state index in [2.05, 4.69) is 79.9 Å². The Bertz CT molecular complexity index is 1080. The maximum absolute atomic E-state index is 6.63. The number of ether oxygens (including phenoxy) is 3. The third kappa shape index (κ3) is 6.88. The summed E-state index contributed by atoms with van der Waals surface area (Å²) in [5, 5.41) is 0.144. The van der Waals surface area contributed by atoms with Gasteiger partial charge < -0.3 is 23.1 Å². The molecule has 0 saturated carbocycles. The molecule has 2 rings (SSSR count). The highest BCUT2D eigenvalue weighted by molar-refractivity contribution is 6.75. The van der Waals surface area contributed by atoms with Crippen LogP contribution in [-0.4, -0.2) is 38.0 Å². The van der Waals surface area contributed by atoms with Crippen LogP contribution < -0.4 is 23.1 Å². The standard InChI is InChI=1S/C29H46O5Si2/c1-28(2,3)35(10,11)33-24-18-21(16-17-23(24)30-7)14-15-22-19-25(31-8)27(32-9)26(20-22)34-36(12,13)29(4,5)6/h14-20H,1-13H3/b15-14-. The first-order chi connectivity index (χ1) is 16.5. The zero-order valence-electron chi connectivity index (χ0n) is 24.6. The largest absolute Gasteiger partial charge is 0.541 e. The van der Waals surface area contributed by atoms with Crippen molar-refractivity contribution in [3.63, 3.8) is 0 Å². The van der Waals surface area contributed by atoms with Crippen molar-refractivity contribution in [3.05, 3.63) is 41.5 Å². The molecule has 0 heterocycles. The van der Waals surface area contributed by atoms with E-state index in [4.69, 9.17) is 23.1 Å². The topological polar surface area (TPSA) is 46.2 Å². The number of methoxy groups -OCH3 is 3. The van der Waals surface area contributed by atoms with Crippen molar-refractivity contribution in [2.75, 3.05) is 21.3 Å². The molecule has 0 radical (unpaired) electrons. The van der Waals surface area contributed by atoms with Gasteiger partial charge in [-0.2, -0.15) is 0 Å². The molecule has 0 bridgehead atoms. The Hall–Kier alpha value is -2.39. The molecule has 200 valence electrons. The van der Waals surface area contributed by atoms with Crippen LogP contribution in [0.25, 0.3) is 12.2 Å². The normalized spacial score (nSPS) is 13.0. The van der Waals surface area contributed by atoms with E-state index in [1.807, 2.05) is 30.3 Å². The van der Waals surface area contributed by atoms with Gasteiger partial charge in [-0.1, -0.05) is 59.8 Å². The monoisotopic (exact) mass is 530 g/mol. The summed E-state index contributed by atoms with van der Waals surface area (Å²) >= 11 is 0. The van der Waals surface area contributed by atoms with E-state index < -0.39 is 16.6 Å². The molecular formula is C29H46O5Si2. The molecule has 0 N–H and O–H groups in total. The summed E-state index contributed by atoms with van der Waals surface area (Å²) in [5.41, 5.74) is 1.98. The fraction of sp³-hybridized carbons (Fsp3) is 0.517. The van der Waals surface area contributed by atoms with E-state index in [0.717, 1.165) is 22.6 Å². The molecule has 0 aliphatic heterocycles. The van der Waals surface area contributed by atoms with Gasteiger partial charge in [0.05, 0.1) is 21.3 Å². The highest BCUT2D eigenvalue weighted by Crippen LogP contribution is 2.44. The van der Waals surface area contributed by atoms with Gasteiger partial charge in [0.2, 0.25) is 5.75 Å². The van der Waals surface area contributed by atoms with Crippen LogP contribution in [0.1, 0.15) is 52.7 Å². The Morgan fingerprint density at radius 3 is 1.47 bits per heavy atom. The Balaban J connectivity index is 2.48. The maximum Gasteiger partial charge on any atom is 0.250 e. The minimum absolute atomic E-state index is 0.0563. The molecule has 36 heavy (non-hydrogen) atoms. The molecule has 0 aliphatic carbocycles. The smallest absolute Gasteiger partial charge is 0.250 e. The van der Waals surface area contributed by atoms with Crippen molar-refractivity contribution < 1.29 is 23.1 Å². The summed E-state index contributed by atoms with van der Waals surface area (Å²) in [5.74, 6) is 3.49. The summed E-state index contributed by atoms with van der Waals surface area (Å²) in [6, 6.07) is 10.0. The lowest BCUT2D eigenvalue weighted by molar-refractivity contribution is 0.340. The molecule has 2 aromatic rings. The first-order valence-electron chi connectivity index (χ1n) is 12.5. The summed E-state index contributed by atoms with van der Waals surface area (Å²) in [6.07, 6.45) is 4.12. The molecule has 0 fully saturated rings. The molecule has 0 atom stereocenters. The lowest BCUT2D eigenvalue weighted by Crippen LogP contribution is -2.44. The summed E-state index contributed by atoms with van der Waals surface area (Å²) in [7, 11) is 0.871. The Morgan fingerprint density at radius 2 is 1.00 bits per heavy atom. The highest BCUT2D eigenvalue weighted by atomic mass is 28.4. The van der Waals surface area contributed by atoms with Crippen molar-refractivity contribution in [1.82, 2.24) is 0 Å². The lowest BCUT2D eigenvalue weighted by atomic mass is 10.1. The molecule has 0 aliphatic rings. The van der Waals surface area contributed by atoms with E-state index in [9.17, 15) is 0 Å². The predicted octanol–water partition coefficient (Wildman–Crippen LogP) is 8.65. The summed E-state index contributed by atoms with van der Waals surface area (Å²) in [4.78, 5) is 0. The second kappa shape index (κ2) is 10.9. The van der Waals surface area contributed by atoms with Crippen molar-refractivity contribution in [2.24, 2.45) is 0 Å². The lowest BCUT2D eigenvalue weighted by Gasteiger charge is -2.37. The average molecular weight is 531 g/mol. The van der Waals surface area contributed by atoms with E-state index in [1.165, 1.54) is 0 Å². The van der Waals surface area contributed by atoms with Gasteiger partial charge in [0, 0.05) is 0 Å². The number of benzene rings is 2. The van der Waals surface area contributed by atoms with Crippen molar-refractivity contribution in [1.29, 1.82) is 0 Å². The zero-order chi connectivity index (χ0) is 27.5. The van der Waals surface area contributed by atoms with Gasteiger partial charge in [0.25, 0.3) is 16.6 Å². The third-order valence-corrected chi connectivity index (χ3v) is 16.2. The average Bonchev–Trinajstić information content (AvgIpc) is 2.75. The molecule has 7 heteroatoms. The third-order valence-electron chi connectivity index (χ3n) is 7.47. The van der Waals surface area contributed by atoms with Crippen LogP contribution in [0.5, 0.6) is 28.7 Å². The van der Waals surface area contributed by atoms with Crippen LogP contribution in [0.2, 0.25) is 36.3 Å². The van der Waals surface area contributed by atoms with E-state index in [1.54, 1.807) is 21.3 Å². The first kappa shape index (κ1) is 29.8. The van der Waals surface area contributed by atoms with Gasteiger partial charge in [-0.25, -0.2) is 0 Å². The van der Waals surface area contributed by atoms with Gasteiger partial charge >= 0.3 is 0 Å². The van der Waals surface area contributed by atoms with Crippen molar-refractivity contribution in [3.8, 4) is 28.7 Å². The number of rotatable bonds is 9. The van der Waals surface area contributed by atoms with Gasteiger partial charge in [-0.3, -0.25) is 0 Å². The van der Waals surface area contributed by atoms with Gasteiger partial charge in [0.1, 0.15) is 5.75 Å². The SMILES string of the molecule is COc1ccc(/C=C\c2cc(OC)c(OC)c(O[Si](C)(C)C(C)(C)C)c2)cc1O[Si](C)(C)C(C)(C)C. The molecule has 0 unspecified atom stereocenters. The van der Waals surface area contributed by atoms with Gasteiger partial charge in [-0.05, 0) is 71.7 Å². The molecular weight excluding hydrogens is 484 g/mol. The van der Waals surface area contributed by atoms with E-state index in [-0.39, 0.29) is 10.1 Å². The molecule has 0 saturated heterocycles. The minimum Gasteiger partial charge on any atom is -0.541 e. The van der Waals surface area contributed by atoms with Crippen molar-refractivity contribution >= 4 is 28.8 Å². The zero-order valence-corrected chi connectivity index (χ0v) is 26.6. The maximum atomic E-state index is 6.63. The van der Waals surface area contributed by atoms with Crippen LogP contribution >= 0.6 is 0 Å². The first-order valence-corrected chi connectivity index (χ1v) is 18.3. The number of hydrogen-bond acceptors (Lipinski definition) is 5. The van der Waals surface area contributed by atoms with Crippen LogP contribution in [0.4, 0.5) is 0 Å². The van der Waals surface area contributed by atoms with Gasteiger partial charge in [0.15, 0.2) is 17.2 Å². The van der Waals surface area contributed by atoms with Gasteiger partial charge in [-0.15, -0.1) is 0 Å². The fourth-order valence-electron chi connectivity index (χ4n) is 3.05. The van der Waals surface area contributed by atoms with Crippen LogP contribution in [0.15, 0.2) is 30.3 Å². The fourth-order valence-corrected chi connectivity index (χ4v) is 5.07. The Labute approximate surface area is 221 Å². The van der Waals surface area contributed by atoms with Crippen molar-refractivity contribution in [2.45, 2.75) is 77.8 Å².